The molecule has 8 heteroatoms. The van der Waals surface area contributed by atoms with E-state index in [1.165, 1.54) is 17.0 Å². The van der Waals surface area contributed by atoms with Crippen molar-refractivity contribution in [3.05, 3.63) is 59.3 Å². The Morgan fingerprint density at radius 1 is 1.14 bits per heavy atom. The number of alkyl halides is 3. The third kappa shape index (κ3) is 5.15. The zero-order chi connectivity index (χ0) is 20.1. The number of benzene rings is 1. The highest BCUT2D eigenvalue weighted by molar-refractivity contribution is 5.73. The summed E-state index contributed by atoms with van der Waals surface area (Å²) in [7, 11) is 1.61. The molecule has 1 fully saturated rings. The fourth-order valence-electron chi connectivity index (χ4n) is 3.15. The van der Waals surface area contributed by atoms with Crippen molar-refractivity contribution < 1.29 is 18.0 Å². The lowest BCUT2D eigenvalue weighted by Crippen LogP contribution is -2.36. The maximum Gasteiger partial charge on any atom is 0.416 e. The average Bonchev–Trinajstić information content (AvgIpc) is 3.21. The molecule has 0 unspecified atom stereocenters. The standard InChI is InChI=1S/C20H23F3N4O/c1-26(14-15-4-6-17(7-5-15)20(21,22)23)19(28)25-13-16-8-9-24-18(12-16)27-10-2-3-11-27/h4-9,12H,2-3,10-11,13-14H2,1H3,(H,25,28). The van der Waals surface area contributed by atoms with Crippen LogP contribution in [0.15, 0.2) is 42.6 Å². The summed E-state index contributed by atoms with van der Waals surface area (Å²) in [6.45, 7) is 2.58. The van der Waals surface area contributed by atoms with Crippen LogP contribution in [0.1, 0.15) is 29.5 Å². The van der Waals surface area contributed by atoms with E-state index in [0.717, 1.165) is 49.4 Å². The Kier molecular flexibility index (Phi) is 6.06. The maximum atomic E-state index is 12.6. The molecule has 150 valence electrons. The molecule has 1 N–H and O–H groups in total. The first-order valence-corrected chi connectivity index (χ1v) is 9.18. The van der Waals surface area contributed by atoms with E-state index < -0.39 is 11.7 Å². The SMILES string of the molecule is CN(Cc1ccc(C(F)(F)F)cc1)C(=O)NCc1ccnc(N2CCCC2)c1. The molecule has 1 saturated heterocycles. The molecule has 0 atom stereocenters. The Balaban J connectivity index is 1.52. The molecule has 2 heterocycles. The number of urea groups is 1. The topological polar surface area (TPSA) is 48.5 Å². The number of pyridine rings is 1. The van der Waals surface area contributed by atoms with Crippen molar-refractivity contribution in [1.29, 1.82) is 0 Å². The van der Waals surface area contributed by atoms with E-state index in [-0.39, 0.29) is 12.6 Å². The summed E-state index contributed by atoms with van der Waals surface area (Å²) < 4.78 is 37.9. The average molecular weight is 392 g/mol. The molecule has 1 aromatic heterocycles. The lowest BCUT2D eigenvalue weighted by atomic mass is 10.1. The Bertz CT molecular complexity index is 802. The van der Waals surface area contributed by atoms with Gasteiger partial charge in [-0.3, -0.25) is 0 Å². The van der Waals surface area contributed by atoms with Crippen LogP contribution < -0.4 is 10.2 Å². The van der Waals surface area contributed by atoms with Crippen LogP contribution in [0.3, 0.4) is 0 Å². The van der Waals surface area contributed by atoms with Crippen LogP contribution in [0, 0.1) is 0 Å². The van der Waals surface area contributed by atoms with Gasteiger partial charge in [-0.2, -0.15) is 13.2 Å². The van der Waals surface area contributed by atoms with Gasteiger partial charge in [0.15, 0.2) is 0 Å². The second-order valence-corrected chi connectivity index (χ2v) is 6.93. The van der Waals surface area contributed by atoms with Crippen LogP contribution >= 0.6 is 0 Å². The van der Waals surface area contributed by atoms with Crippen LogP contribution in [0.4, 0.5) is 23.8 Å². The number of carbonyl (C=O) groups is 1. The van der Waals surface area contributed by atoms with Gasteiger partial charge < -0.3 is 15.1 Å². The van der Waals surface area contributed by atoms with Crippen molar-refractivity contribution in [3.8, 4) is 0 Å². The van der Waals surface area contributed by atoms with Gasteiger partial charge in [0.2, 0.25) is 0 Å². The molecule has 5 nitrogen and oxygen atoms in total. The van der Waals surface area contributed by atoms with Crippen molar-refractivity contribution in [1.82, 2.24) is 15.2 Å². The molecule has 0 spiro atoms. The first-order valence-electron chi connectivity index (χ1n) is 9.18. The second-order valence-electron chi connectivity index (χ2n) is 6.93. The van der Waals surface area contributed by atoms with Crippen molar-refractivity contribution >= 4 is 11.8 Å². The number of hydrogen-bond acceptors (Lipinski definition) is 3. The molecule has 1 aliphatic heterocycles. The number of amides is 2. The Morgan fingerprint density at radius 3 is 2.46 bits per heavy atom. The summed E-state index contributed by atoms with van der Waals surface area (Å²) in [6, 6.07) is 8.36. The van der Waals surface area contributed by atoms with Gasteiger partial charge in [-0.05, 0) is 48.2 Å². The van der Waals surface area contributed by atoms with Gasteiger partial charge in [0.05, 0.1) is 5.56 Å². The number of anilines is 1. The van der Waals surface area contributed by atoms with Crippen molar-refractivity contribution in [2.24, 2.45) is 0 Å². The fraction of sp³-hybridized carbons (Fsp3) is 0.400. The molecular formula is C20H23F3N4O. The lowest BCUT2D eigenvalue weighted by Gasteiger charge is -2.19. The highest BCUT2D eigenvalue weighted by atomic mass is 19.4. The van der Waals surface area contributed by atoms with E-state index in [0.29, 0.717) is 12.1 Å². The maximum absolute atomic E-state index is 12.6. The number of halogens is 3. The first kappa shape index (κ1) is 20.0. The minimum absolute atomic E-state index is 0.222. The third-order valence-electron chi connectivity index (χ3n) is 4.73. The van der Waals surface area contributed by atoms with E-state index >= 15 is 0 Å². The molecule has 2 amide bonds. The van der Waals surface area contributed by atoms with E-state index in [4.69, 9.17) is 0 Å². The quantitative estimate of drug-likeness (QED) is 0.835. The highest BCUT2D eigenvalue weighted by Crippen LogP contribution is 2.29. The predicted octanol–water partition coefficient (Wildman–Crippen LogP) is 4.04. The number of carbonyl (C=O) groups excluding carboxylic acids is 1. The van der Waals surface area contributed by atoms with Gasteiger partial charge in [0, 0.05) is 39.4 Å². The summed E-state index contributed by atoms with van der Waals surface area (Å²) >= 11 is 0. The van der Waals surface area contributed by atoms with Gasteiger partial charge in [0.25, 0.3) is 0 Å². The number of rotatable bonds is 5. The van der Waals surface area contributed by atoms with Gasteiger partial charge in [-0.25, -0.2) is 9.78 Å². The van der Waals surface area contributed by atoms with Crippen molar-refractivity contribution in [2.75, 3.05) is 25.0 Å². The summed E-state index contributed by atoms with van der Waals surface area (Å²) in [5.74, 6) is 0.919. The smallest absolute Gasteiger partial charge is 0.357 e. The van der Waals surface area contributed by atoms with Gasteiger partial charge >= 0.3 is 12.2 Å². The van der Waals surface area contributed by atoms with E-state index in [9.17, 15) is 18.0 Å². The Morgan fingerprint density at radius 2 is 1.82 bits per heavy atom. The van der Waals surface area contributed by atoms with Crippen molar-refractivity contribution in [2.45, 2.75) is 32.1 Å². The van der Waals surface area contributed by atoms with Gasteiger partial charge in [-0.1, -0.05) is 12.1 Å². The fourth-order valence-corrected chi connectivity index (χ4v) is 3.15. The zero-order valence-corrected chi connectivity index (χ0v) is 15.7. The molecule has 1 aliphatic rings. The van der Waals surface area contributed by atoms with Crippen LogP contribution in [0.2, 0.25) is 0 Å². The Hall–Kier alpha value is -2.77. The zero-order valence-electron chi connectivity index (χ0n) is 15.7. The molecule has 28 heavy (non-hydrogen) atoms. The van der Waals surface area contributed by atoms with E-state index in [2.05, 4.69) is 15.2 Å². The third-order valence-corrected chi connectivity index (χ3v) is 4.73. The van der Waals surface area contributed by atoms with Crippen LogP contribution in [0.25, 0.3) is 0 Å². The Labute approximate surface area is 162 Å². The number of nitrogens with zero attached hydrogens (tertiary/aromatic N) is 3. The molecule has 0 aliphatic carbocycles. The largest absolute Gasteiger partial charge is 0.416 e. The monoisotopic (exact) mass is 392 g/mol. The number of hydrogen-bond donors (Lipinski definition) is 1. The minimum atomic E-state index is -4.36. The molecule has 3 rings (SSSR count). The minimum Gasteiger partial charge on any atom is -0.357 e. The highest BCUT2D eigenvalue weighted by Gasteiger charge is 2.30. The van der Waals surface area contributed by atoms with E-state index in [1.54, 1.807) is 13.2 Å². The molecule has 0 bridgehead atoms. The van der Waals surface area contributed by atoms with Crippen molar-refractivity contribution in [3.63, 3.8) is 0 Å². The van der Waals surface area contributed by atoms with Crippen LogP contribution in [-0.4, -0.2) is 36.1 Å². The second kappa shape index (κ2) is 8.50. The summed E-state index contributed by atoms with van der Waals surface area (Å²) in [5, 5.41) is 2.83. The summed E-state index contributed by atoms with van der Waals surface area (Å²) in [5.41, 5.74) is 0.883. The molecule has 2 aromatic rings. The summed E-state index contributed by atoms with van der Waals surface area (Å²) in [4.78, 5) is 20.3. The van der Waals surface area contributed by atoms with Gasteiger partial charge in [0.1, 0.15) is 5.82 Å². The van der Waals surface area contributed by atoms with Crippen LogP contribution in [0.5, 0.6) is 0 Å². The normalized spacial score (nSPS) is 14.2. The van der Waals surface area contributed by atoms with E-state index in [1.807, 2.05) is 12.1 Å². The molecule has 0 radical (unpaired) electrons. The van der Waals surface area contributed by atoms with Gasteiger partial charge in [-0.15, -0.1) is 0 Å². The molecular weight excluding hydrogens is 369 g/mol. The lowest BCUT2D eigenvalue weighted by molar-refractivity contribution is -0.137. The number of aromatic nitrogens is 1. The first-order chi connectivity index (χ1) is 13.3. The molecule has 0 saturated carbocycles. The van der Waals surface area contributed by atoms with Crippen LogP contribution in [-0.2, 0) is 19.3 Å². The summed E-state index contributed by atoms with van der Waals surface area (Å²) in [6.07, 6.45) is -0.296. The predicted molar refractivity (Wildman–Crippen MR) is 101 cm³/mol. The number of nitrogens with one attached hydrogen (secondary N) is 1. The molecule has 1 aromatic carbocycles.